The summed E-state index contributed by atoms with van der Waals surface area (Å²) < 4.78 is 0. The van der Waals surface area contributed by atoms with Crippen LogP contribution in [0.2, 0.25) is 0 Å². The van der Waals surface area contributed by atoms with Crippen LogP contribution in [0.5, 0.6) is 0 Å². The summed E-state index contributed by atoms with van der Waals surface area (Å²) in [7, 11) is 0. The molecule has 0 fully saturated rings. The highest BCUT2D eigenvalue weighted by atomic mass is 32.2. The minimum Gasteiger partial charge on any atom is -0.480 e. The first-order valence-electron chi connectivity index (χ1n) is 2.65. The Bertz CT molecular complexity index is 148. The lowest BCUT2D eigenvalue weighted by Crippen LogP contribution is -2.32. The second-order valence-corrected chi connectivity index (χ2v) is 2.94. The number of carbonyl (C=O) groups excluding carboxylic acids is 1. The minimum atomic E-state index is -1.08. The van der Waals surface area contributed by atoms with Crippen LogP contribution in [0, 0.1) is 0 Å². The van der Waals surface area contributed by atoms with Crippen LogP contribution in [0.3, 0.4) is 0 Å². The van der Waals surface area contributed by atoms with E-state index in [-0.39, 0.29) is 10.9 Å². The molecule has 5 heteroatoms. The summed E-state index contributed by atoms with van der Waals surface area (Å²) in [6.45, 7) is 1.37. The van der Waals surface area contributed by atoms with E-state index in [9.17, 15) is 9.59 Å². The number of rotatable bonds is 3. The van der Waals surface area contributed by atoms with Gasteiger partial charge in [-0.3, -0.25) is 9.59 Å². The number of aliphatic carboxylic acids is 1. The Hall–Kier alpha value is -0.550. The smallest absolute Gasteiger partial charge is 0.321 e. The summed E-state index contributed by atoms with van der Waals surface area (Å²) >= 11 is 0.923. The number of carboxylic acids is 1. The van der Waals surface area contributed by atoms with Crippen molar-refractivity contribution in [3.8, 4) is 0 Å². The third-order valence-electron chi connectivity index (χ3n) is 0.783. The van der Waals surface area contributed by atoms with Crippen molar-refractivity contribution in [2.75, 3.05) is 5.75 Å². The molecule has 3 N–H and O–H groups in total. The van der Waals surface area contributed by atoms with Gasteiger partial charge >= 0.3 is 5.97 Å². The maximum atomic E-state index is 10.3. The number of hydrogen-bond donors (Lipinski definition) is 2. The SMILES string of the molecule is CC(=O)SC[C@@H](N)C(=O)O. The molecule has 0 heterocycles. The molecule has 0 amide bonds. The van der Waals surface area contributed by atoms with Crippen LogP contribution in [0.4, 0.5) is 0 Å². The van der Waals surface area contributed by atoms with E-state index in [1.807, 2.05) is 0 Å². The molecule has 0 aliphatic rings. The molecule has 0 bridgehead atoms. The topological polar surface area (TPSA) is 80.4 Å². The van der Waals surface area contributed by atoms with E-state index in [1.165, 1.54) is 6.92 Å². The highest BCUT2D eigenvalue weighted by molar-refractivity contribution is 8.13. The Kier molecular flexibility index (Phi) is 4.06. The minimum absolute atomic E-state index is 0.114. The molecule has 0 spiro atoms. The van der Waals surface area contributed by atoms with E-state index in [1.54, 1.807) is 0 Å². The lowest BCUT2D eigenvalue weighted by molar-refractivity contribution is -0.137. The quantitative estimate of drug-likeness (QED) is 0.596. The first-order valence-corrected chi connectivity index (χ1v) is 3.64. The number of nitrogens with two attached hydrogens (primary N) is 1. The second kappa shape index (κ2) is 4.29. The normalized spacial score (nSPS) is 12.6. The Morgan fingerprint density at radius 2 is 2.20 bits per heavy atom. The molecule has 4 nitrogen and oxygen atoms in total. The average molecular weight is 163 g/mol. The van der Waals surface area contributed by atoms with Gasteiger partial charge in [-0.15, -0.1) is 0 Å². The van der Waals surface area contributed by atoms with Gasteiger partial charge in [0.25, 0.3) is 0 Å². The average Bonchev–Trinajstić information content (AvgIpc) is 1.82. The molecule has 0 saturated carbocycles. The summed E-state index contributed by atoms with van der Waals surface area (Å²) in [5, 5.41) is 8.13. The second-order valence-electron chi connectivity index (χ2n) is 1.75. The first-order chi connectivity index (χ1) is 4.54. The van der Waals surface area contributed by atoms with Crippen LogP contribution in [-0.2, 0) is 9.59 Å². The van der Waals surface area contributed by atoms with E-state index < -0.39 is 12.0 Å². The third-order valence-corrected chi connectivity index (χ3v) is 1.72. The Morgan fingerprint density at radius 1 is 1.70 bits per heavy atom. The number of hydrogen-bond acceptors (Lipinski definition) is 4. The van der Waals surface area contributed by atoms with Crippen LogP contribution < -0.4 is 5.73 Å². The molecule has 0 rings (SSSR count). The highest BCUT2D eigenvalue weighted by Crippen LogP contribution is 2.01. The number of carbonyl (C=O) groups is 2. The van der Waals surface area contributed by atoms with Crippen molar-refractivity contribution >= 4 is 22.8 Å². The zero-order valence-electron chi connectivity index (χ0n) is 5.53. The lowest BCUT2D eigenvalue weighted by atomic mass is 10.4. The van der Waals surface area contributed by atoms with Gasteiger partial charge in [0.1, 0.15) is 6.04 Å². The highest BCUT2D eigenvalue weighted by Gasteiger charge is 2.11. The molecular weight excluding hydrogens is 154 g/mol. The molecule has 1 atom stereocenters. The molecule has 0 saturated heterocycles. The van der Waals surface area contributed by atoms with E-state index >= 15 is 0 Å². The van der Waals surface area contributed by atoms with Crippen LogP contribution >= 0.6 is 11.8 Å². The fraction of sp³-hybridized carbons (Fsp3) is 0.600. The van der Waals surface area contributed by atoms with E-state index in [4.69, 9.17) is 10.8 Å². The molecule has 0 aromatic heterocycles. The van der Waals surface area contributed by atoms with Crippen molar-refractivity contribution < 1.29 is 14.7 Å². The van der Waals surface area contributed by atoms with Crippen molar-refractivity contribution in [3.63, 3.8) is 0 Å². The zero-order chi connectivity index (χ0) is 8.15. The summed E-state index contributed by atoms with van der Waals surface area (Å²) in [4.78, 5) is 20.3. The first kappa shape index (κ1) is 9.45. The molecule has 0 aromatic rings. The van der Waals surface area contributed by atoms with Crippen LogP contribution in [0.15, 0.2) is 0 Å². The van der Waals surface area contributed by atoms with Gasteiger partial charge in [-0.2, -0.15) is 0 Å². The molecule has 58 valence electrons. The van der Waals surface area contributed by atoms with Crippen LogP contribution in [0.25, 0.3) is 0 Å². The van der Waals surface area contributed by atoms with E-state index in [0.717, 1.165) is 11.8 Å². The molecule has 0 aromatic carbocycles. The Labute approximate surface area is 62.8 Å². The standard InChI is InChI=1S/C5H9NO3S/c1-3(7)10-2-4(6)5(8)9/h4H,2,6H2,1H3,(H,8,9)/t4-/m1/s1. The maximum absolute atomic E-state index is 10.3. The Morgan fingerprint density at radius 3 is 2.50 bits per heavy atom. The van der Waals surface area contributed by atoms with Gasteiger partial charge in [0.05, 0.1) is 0 Å². The number of thioether (sulfide) groups is 1. The fourth-order valence-electron chi connectivity index (χ4n) is 0.278. The summed E-state index contributed by atoms with van der Waals surface area (Å²) in [6.07, 6.45) is 0. The molecule has 0 unspecified atom stereocenters. The van der Waals surface area contributed by atoms with Gasteiger partial charge < -0.3 is 10.8 Å². The lowest BCUT2D eigenvalue weighted by Gasteiger charge is -2.01. The fourth-order valence-corrected chi connectivity index (χ4v) is 0.835. The van der Waals surface area contributed by atoms with Gasteiger partial charge in [0.15, 0.2) is 5.12 Å². The van der Waals surface area contributed by atoms with Gasteiger partial charge in [-0.1, -0.05) is 11.8 Å². The van der Waals surface area contributed by atoms with Crippen molar-refractivity contribution in [2.45, 2.75) is 13.0 Å². The van der Waals surface area contributed by atoms with Crippen molar-refractivity contribution in [1.29, 1.82) is 0 Å². The zero-order valence-corrected chi connectivity index (χ0v) is 6.35. The molecule has 10 heavy (non-hydrogen) atoms. The monoisotopic (exact) mass is 163 g/mol. The number of carboxylic acid groups (broad SMARTS) is 1. The van der Waals surface area contributed by atoms with Crippen molar-refractivity contribution in [2.24, 2.45) is 5.73 Å². The Balaban J connectivity index is 3.49. The largest absolute Gasteiger partial charge is 0.480 e. The van der Waals surface area contributed by atoms with E-state index in [0.29, 0.717) is 0 Å². The molecule has 0 aliphatic carbocycles. The van der Waals surface area contributed by atoms with Gasteiger partial charge in [-0.05, 0) is 0 Å². The van der Waals surface area contributed by atoms with Crippen LogP contribution in [-0.4, -0.2) is 28.0 Å². The van der Waals surface area contributed by atoms with Gasteiger partial charge in [0.2, 0.25) is 0 Å². The maximum Gasteiger partial charge on any atom is 0.321 e. The van der Waals surface area contributed by atoms with Crippen LogP contribution in [0.1, 0.15) is 6.92 Å². The predicted octanol–water partition coefficient (Wildman–Crippen LogP) is -0.322. The van der Waals surface area contributed by atoms with E-state index in [2.05, 4.69) is 0 Å². The van der Waals surface area contributed by atoms with Gasteiger partial charge in [0, 0.05) is 12.7 Å². The molecular formula is C5H9NO3S. The van der Waals surface area contributed by atoms with Crippen molar-refractivity contribution in [1.82, 2.24) is 0 Å². The summed E-state index contributed by atoms with van der Waals surface area (Å²) in [6, 6.07) is -0.936. The third kappa shape index (κ3) is 4.34. The van der Waals surface area contributed by atoms with Gasteiger partial charge in [-0.25, -0.2) is 0 Å². The molecule has 0 aliphatic heterocycles. The summed E-state index contributed by atoms with van der Waals surface area (Å²) in [5.41, 5.74) is 5.09. The van der Waals surface area contributed by atoms with Crippen molar-refractivity contribution in [3.05, 3.63) is 0 Å². The summed E-state index contributed by atoms with van der Waals surface area (Å²) in [5.74, 6) is -0.932. The molecule has 0 radical (unpaired) electrons. The predicted molar refractivity (Wildman–Crippen MR) is 38.8 cm³/mol.